The van der Waals surface area contributed by atoms with Crippen molar-refractivity contribution in [1.82, 2.24) is 16.0 Å². The first-order chi connectivity index (χ1) is 13.6. The Morgan fingerprint density at radius 2 is 1.55 bits per heavy atom. The summed E-state index contributed by atoms with van der Waals surface area (Å²) in [6.07, 6.45) is 0.393. The minimum absolute atomic E-state index is 0.157. The molecule has 0 aromatic rings. The molecule has 0 radical (unpaired) electrons. The van der Waals surface area contributed by atoms with Gasteiger partial charge in [-0.15, -0.1) is 0 Å². The number of nitrogens with two attached hydrogens (primary N) is 2. The average molecular weight is 419 g/mol. The van der Waals surface area contributed by atoms with E-state index in [0.29, 0.717) is 19.4 Å². The Labute approximate surface area is 167 Å². The predicted molar refractivity (Wildman–Crippen MR) is 99.3 cm³/mol. The minimum atomic E-state index is -1.44. The van der Waals surface area contributed by atoms with Crippen LogP contribution in [0.15, 0.2) is 0 Å². The quantitative estimate of drug-likeness (QED) is 0.122. The average Bonchev–Trinajstić information content (AvgIpc) is 2.67. The SMILES string of the molecule is NCCCCC(NC(=O)CNC(=O)C(N)CO)C(=O)NC(CCC(=O)O)C(=O)O. The van der Waals surface area contributed by atoms with Crippen molar-refractivity contribution in [2.75, 3.05) is 19.7 Å². The number of nitrogens with one attached hydrogen (secondary N) is 3. The third-order valence-corrected chi connectivity index (χ3v) is 3.82. The second-order valence-electron chi connectivity index (χ2n) is 6.24. The summed E-state index contributed by atoms with van der Waals surface area (Å²) in [4.78, 5) is 57.8. The largest absolute Gasteiger partial charge is 0.481 e. The van der Waals surface area contributed by atoms with E-state index in [1.807, 2.05) is 0 Å². The van der Waals surface area contributed by atoms with Crippen molar-refractivity contribution in [2.24, 2.45) is 11.5 Å². The Bertz CT molecular complexity index is 586. The summed E-state index contributed by atoms with van der Waals surface area (Å²) in [7, 11) is 0. The van der Waals surface area contributed by atoms with E-state index in [2.05, 4.69) is 16.0 Å². The molecule has 0 spiro atoms. The number of rotatable bonds is 15. The number of aliphatic carboxylic acids is 2. The fourth-order valence-electron chi connectivity index (χ4n) is 2.19. The van der Waals surface area contributed by atoms with Crippen LogP contribution in [0.2, 0.25) is 0 Å². The summed E-state index contributed by atoms with van der Waals surface area (Å²) in [5.41, 5.74) is 10.7. The van der Waals surface area contributed by atoms with Gasteiger partial charge < -0.3 is 42.7 Å². The fourth-order valence-corrected chi connectivity index (χ4v) is 2.19. The number of carbonyl (C=O) groups is 5. The van der Waals surface area contributed by atoms with Gasteiger partial charge in [-0.1, -0.05) is 0 Å². The predicted octanol–water partition coefficient (Wildman–Crippen LogP) is -3.53. The van der Waals surface area contributed by atoms with Crippen LogP contribution in [0.5, 0.6) is 0 Å². The zero-order valence-corrected chi connectivity index (χ0v) is 15.9. The number of unbranched alkanes of at least 4 members (excludes halogenated alkanes) is 1. The molecule has 13 nitrogen and oxygen atoms in total. The first kappa shape index (κ1) is 26.2. The molecule has 0 aromatic carbocycles. The summed E-state index contributed by atoms with van der Waals surface area (Å²) in [5.74, 6) is -4.90. The first-order valence-electron chi connectivity index (χ1n) is 9.00. The highest BCUT2D eigenvalue weighted by Crippen LogP contribution is 2.04. The molecule has 3 amide bonds. The zero-order chi connectivity index (χ0) is 22.4. The minimum Gasteiger partial charge on any atom is -0.481 e. The van der Waals surface area contributed by atoms with E-state index in [9.17, 15) is 24.0 Å². The molecule has 0 saturated heterocycles. The molecule has 0 saturated carbocycles. The van der Waals surface area contributed by atoms with Crippen LogP contribution in [-0.2, 0) is 24.0 Å². The van der Waals surface area contributed by atoms with Crippen LogP contribution in [0.4, 0.5) is 0 Å². The number of aliphatic hydroxyl groups is 1. The number of carbonyl (C=O) groups excluding carboxylic acids is 3. The van der Waals surface area contributed by atoms with Gasteiger partial charge in [-0.3, -0.25) is 19.2 Å². The maximum Gasteiger partial charge on any atom is 0.326 e. The van der Waals surface area contributed by atoms with Crippen LogP contribution in [-0.4, -0.2) is 82.8 Å². The summed E-state index contributed by atoms with van der Waals surface area (Å²) < 4.78 is 0. The highest BCUT2D eigenvalue weighted by molar-refractivity contribution is 5.92. The third-order valence-electron chi connectivity index (χ3n) is 3.82. The molecule has 3 atom stereocenters. The Balaban J connectivity index is 4.92. The van der Waals surface area contributed by atoms with Gasteiger partial charge in [0.1, 0.15) is 18.1 Å². The number of carboxylic acid groups (broad SMARTS) is 2. The van der Waals surface area contributed by atoms with Crippen molar-refractivity contribution >= 4 is 29.7 Å². The molecule has 10 N–H and O–H groups in total. The number of aliphatic hydroxyl groups excluding tert-OH is 1. The van der Waals surface area contributed by atoms with Crippen molar-refractivity contribution in [2.45, 2.75) is 50.2 Å². The van der Waals surface area contributed by atoms with E-state index >= 15 is 0 Å². The van der Waals surface area contributed by atoms with Crippen LogP contribution in [0.25, 0.3) is 0 Å². The van der Waals surface area contributed by atoms with Gasteiger partial charge in [-0.05, 0) is 32.2 Å². The molecular weight excluding hydrogens is 390 g/mol. The lowest BCUT2D eigenvalue weighted by Gasteiger charge is -2.21. The van der Waals surface area contributed by atoms with Crippen molar-refractivity contribution < 1.29 is 39.3 Å². The third kappa shape index (κ3) is 11.6. The van der Waals surface area contributed by atoms with E-state index in [-0.39, 0.29) is 12.8 Å². The van der Waals surface area contributed by atoms with Crippen LogP contribution in [0.1, 0.15) is 32.1 Å². The van der Waals surface area contributed by atoms with Gasteiger partial charge in [0.15, 0.2) is 0 Å². The summed E-state index contributed by atoms with van der Waals surface area (Å²) in [6, 6.07) is -3.74. The van der Waals surface area contributed by atoms with Gasteiger partial charge in [0.2, 0.25) is 17.7 Å². The summed E-state index contributed by atoms with van der Waals surface area (Å²) in [6.45, 7) is -0.757. The Kier molecular flexibility index (Phi) is 12.9. The molecule has 0 aliphatic heterocycles. The van der Waals surface area contributed by atoms with Crippen LogP contribution in [0.3, 0.4) is 0 Å². The smallest absolute Gasteiger partial charge is 0.326 e. The van der Waals surface area contributed by atoms with Crippen LogP contribution in [0, 0.1) is 0 Å². The molecule has 13 heteroatoms. The lowest BCUT2D eigenvalue weighted by atomic mass is 10.1. The zero-order valence-electron chi connectivity index (χ0n) is 15.9. The van der Waals surface area contributed by atoms with Gasteiger partial charge in [0.25, 0.3) is 0 Å². The number of hydrogen-bond acceptors (Lipinski definition) is 8. The van der Waals surface area contributed by atoms with Gasteiger partial charge in [-0.25, -0.2) is 4.79 Å². The van der Waals surface area contributed by atoms with Crippen molar-refractivity contribution in [3.8, 4) is 0 Å². The first-order valence-corrected chi connectivity index (χ1v) is 9.00. The topological polar surface area (TPSA) is 234 Å². The van der Waals surface area contributed by atoms with E-state index in [1.54, 1.807) is 0 Å². The fraction of sp³-hybridized carbons (Fsp3) is 0.688. The highest BCUT2D eigenvalue weighted by Gasteiger charge is 2.27. The molecule has 29 heavy (non-hydrogen) atoms. The molecule has 3 unspecified atom stereocenters. The molecule has 0 aliphatic carbocycles. The van der Waals surface area contributed by atoms with Gasteiger partial charge in [0, 0.05) is 6.42 Å². The maximum atomic E-state index is 12.4. The van der Waals surface area contributed by atoms with E-state index < -0.39 is 67.4 Å². The highest BCUT2D eigenvalue weighted by atomic mass is 16.4. The second kappa shape index (κ2) is 14.3. The molecule has 0 bridgehead atoms. The van der Waals surface area contributed by atoms with Crippen LogP contribution < -0.4 is 27.4 Å². The normalized spacial score (nSPS) is 13.6. The monoisotopic (exact) mass is 419 g/mol. The Morgan fingerprint density at radius 3 is 2.07 bits per heavy atom. The van der Waals surface area contributed by atoms with Crippen molar-refractivity contribution in [1.29, 1.82) is 0 Å². The molecular formula is C16H29N5O8. The molecule has 0 fully saturated rings. The molecule has 0 heterocycles. The Hall–Kier alpha value is -2.77. The van der Waals surface area contributed by atoms with Gasteiger partial charge in [0.05, 0.1) is 13.2 Å². The van der Waals surface area contributed by atoms with Gasteiger partial charge >= 0.3 is 11.9 Å². The van der Waals surface area contributed by atoms with E-state index in [0.717, 1.165) is 0 Å². The van der Waals surface area contributed by atoms with E-state index in [4.69, 9.17) is 26.8 Å². The number of hydrogen-bond donors (Lipinski definition) is 8. The van der Waals surface area contributed by atoms with Crippen molar-refractivity contribution in [3.05, 3.63) is 0 Å². The van der Waals surface area contributed by atoms with Crippen molar-refractivity contribution in [3.63, 3.8) is 0 Å². The number of amides is 3. The second-order valence-corrected chi connectivity index (χ2v) is 6.24. The molecule has 0 aromatic heterocycles. The van der Waals surface area contributed by atoms with Gasteiger partial charge in [-0.2, -0.15) is 0 Å². The standard InChI is InChI=1S/C16H29N5O8/c17-6-2-1-3-10(20-12(23)7-19-14(26)9(18)8-22)15(27)21-11(16(28)29)4-5-13(24)25/h9-11,22H,1-8,17-18H2,(H,19,26)(H,20,23)(H,21,27)(H,24,25)(H,28,29). The van der Waals surface area contributed by atoms with Crippen LogP contribution >= 0.6 is 0 Å². The van der Waals surface area contributed by atoms with E-state index in [1.165, 1.54) is 0 Å². The molecule has 166 valence electrons. The summed E-state index contributed by atoms with van der Waals surface area (Å²) in [5, 5.41) is 33.4. The molecule has 0 aliphatic rings. The molecule has 0 rings (SSSR count). The summed E-state index contributed by atoms with van der Waals surface area (Å²) >= 11 is 0. The lowest BCUT2D eigenvalue weighted by molar-refractivity contribution is -0.143. The lowest BCUT2D eigenvalue weighted by Crippen LogP contribution is -2.54. The maximum absolute atomic E-state index is 12.4. The Morgan fingerprint density at radius 1 is 0.897 bits per heavy atom. The number of carboxylic acids is 2.